The zero-order valence-corrected chi connectivity index (χ0v) is 21.0. The second-order valence-corrected chi connectivity index (χ2v) is 7.87. The summed E-state index contributed by atoms with van der Waals surface area (Å²) >= 11 is 0. The molecule has 0 saturated heterocycles. The van der Waals surface area contributed by atoms with Gasteiger partial charge in [0.25, 0.3) is 0 Å². The number of ether oxygens (including phenoxy) is 1. The number of aryl methyl sites for hydroxylation is 5. The third-order valence-corrected chi connectivity index (χ3v) is 4.89. The lowest BCUT2D eigenvalue weighted by atomic mass is 10.1. The summed E-state index contributed by atoms with van der Waals surface area (Å²) in [4.78, 5) is 25.3. The van der Waals surface area contributed by atoms with Crippen LogP contribution in [-0.4, -0.2) is 37.0 Å². The van der Waals surface area contributed by atoms with Gasteiger partial charge < -0.3 is 4.74 Å². The molecule has 2 aromatic heterocycles. The Morgan fingerprint density at radius 3 is 1.50 bits per heavy atom. The maximum Gasteiger partial charge on any atom is 0.156 e. The molecule has 2 heterocycles. The van der Waals surface area contributed by atoms with E-state index in [9.17, 15) is 0 Å². The van der Waals surface area contributed by atoms with Crippen LogP contribution in [0.2, 0.25) is 0 Å². The lowest BCUT2D eigenvalue weighted by molar-refractivity contribution is 0.415. The standard InChI is InChI=1S/C14H15N3O.C14H15N3.CH4/c1-10-15-11(2)17-14(16-10)9-6-12-4-7-13(18-3)8-5-12;1-10-6-4-5-7-13(10)8-9-14-16-11(2)15-12(3)17-14;/h4-9H,1-3H3;4-9H,1-3H3;1H4/b9-6+;9-8+;. The van der Waals surface area contributed by atoms with Gasteiger partial charge in [0.05, 0.1) is 7.11 Å². The molecule has 36 heavy (non-hydrogen) atoms. The largest absolute Gasteiger partial charge is 0.497 e. The molecule has 0 bridgehead atoms. The summed E-state index contributed by atoms with van der Waals surface area (Å²) in [6, 6.07) is 16.0. The number of hydrogen-bond acceptors (Lipinski definition) is 7. The van der Waals surface area contributed by atoms with Gasteiger partial charge in [0.15, 0.2) is 11.6 Å². The van der Waals surface area contributed by atoms with Gasteiger partial charge in [-0.3, -0.25) is 0 Å². The Morgan fingerprint density at radius 2 is 1.03 bits per heavy atom. The van der Waals surface area contributed by atoms with Crippen LogP contribution in [0.5, 0.6) is 5.75 Å². The van der Waals surface area contributed by atoms with Crippen LogP contribution in [0.1, 0.15) is 59.1 Å². The van der Waals surface area contributed by atoms with Crippen molar-refractivity contribution in [3.05, 3.63) is 100 Å². The van der Waals surface area contributed by atoms with Crippen LogP contribution in [0, 0.1) is 34.6 Å². The van der Waals surface area contributed by atoms with E-state index >= 15 is 0 Å². The molecule has 186 valence electrons. The number of methoxy groups -OCH3 is 1. The highest BCUT2D eigenvalue weighted by atomic mass is 16.5. The predicted octanol–water partition coefficient (Wildman–Crippen LogP) is 6.27. The van der Waals surface area contributed by atoms with Gasteiger partial charge in [-0.15, -0.1) is 0 Å². The topological polar surface area (TPSA) is 86.6 Å². The first kappa shape index (κ1) is 28.0. The first-order chi connectivity index (χ1) is 16.8. The summed E-state index contributed by atoms with van der Waals surface area (Å²) in [5.41, 5.74) is 3.50. The summed E-state index contributed by atoms with van der Waals surface area (Å²) in [5, 5.41) is 0. The Hall–Kier alpha value is -4.26. The van der Waals surface area contributed by atoms with Crippen LogP contribution in [-0.2, 0) is 0 Å². The number of nitrogens with zero attached hydrogens (tertiary/aromatic N) is 6. The Kier molecular flexibility index (Phi) is 10.6. The Balaban J connectivity index is 0.000000247. The van der Waals surface area contributed by atoms with E-state index in [4.69, 9.17) is 4.74 Å². The van der Waals surface area contributed by atoms with Crippen LogP contribution in [0.4, 0.5) is 0 Å². The molecule has 0 aliphatic heterocycles. The molecule has 4 aromatic rings. The summed E-state index contributed by atoms with van der Waals surface area (Å²) in [6.07, 6.45) is 7.80. The van der Waals surface area contributed by atoms with Crippen LogP contribution in [0.15, 0.2) is 48.5 Å². The quantitative estimate of drug-likeness (QED) is 0.331. The third-order valence-electron chi connectivity index (χ3n) is 4.89. The SMILES string of the molecule is C.COc1ccc(/C=C/c2nc(C)nc(C)n2)cc1.Cc1nc(C)nc(/C=C/c2ccccc2C)n1. The normalized spacial score (nSPS) is 10.6. The fraction of sp³-hybridized carbons (Fsp3) is 0.241. The molecular formula is C29H34N6O. The van der Waals surface area contributed by atoms with Crippen LogP contribution in [0.25, 0.3) is 24.3 Å². The molecule has 7 nitrogen and oxygen atoms in total. The number of benzene rings is 2. The van der Waals surface area contributed by atoms with Crippen molar-refractivity contribution in [2.24, 2.45) is 0 Å². The minimum atomic E-state index is 0. The third kappa shape index (κ3) is 8.83. The summed E-state index contributed by atoms with van der Waals surface area (Å²) in [7, 11) is 1.65. The van der Waals surface area contributed by atoms with Crippen molar-refractivity contribution in [3.63, 3.8) is 0 Å². The first-order valence-corrected chi connectivity index (χ1v) is 11.3. The number of rotatable bonds is 5. The van der Waals surface area contributed by atoms with Gasteiger partial charge in [0.1, 0.15) is 29.0 Å². The predicted molar refractivity (Wildman–Crippen MR) is 147 cm³/mol. The van der Waals surface area contributed by atoms with Gasteiger partial charge in [-0.05, 0) is 75.6 Å². The first-order valence-electron chi connectivity index (χ1n) is 11.3. The van der Waals surface area contributed by atoms with E-state index in [2.05, 4.69) is 49.0 Å². The minimum Gasteiger partial charge on any atom is -0.497 e. The van der Waals surface area contributed by atoms with Crippen LogP contribution in [0.3, 0.4) is 0 Å². The lowest BCUT2D eigenvalue weighted by Crippen LogP contribution is -1.98. The van der Waals surface area contributed by atoms with Crippen molar-refractivity contribution in [2.75, 3.05) is 7.11 Å². The summed E-state index contributed by atoms with van der Waals surface area (Å²) in [6.45, 7) is 9.56. The zero-order chi connectivity index (χ0) is 25.2. The second-order valence-electron chi connectivity index (χ2n) is 7.87. The van der Waals surface area contributed by atoms with Gasteiger partial charge >= 0.3 is 0 Å². The monoisotopic (exact) mass is 482 g/mol. The smallest absolute Gasteiger partial charge is 0.156 e. The highest BCUT2D eigenvalue weighted by Crippen LogP contribution is 2.13. The molecule has 0 spiro atoms. The maximum atomic E-state index is 5.11. The van der Waals surface area contributed by atoms with Gasteiger partial charge in [-0.2, -0.15) is 0 Å². The van der Waals surface area contributed by atoms with E-state index < -0.39 is 0 Å². The van der Waals surface area contributed by atoms with E-state index in [-0.39, 0.29) is 7.43 Å². The molecule has 4 rings (SSSR count). The van der Waals surface area contributed by atoms with E-state index in [1.54, 1.807) is 7.11 Å². The highest BCUT2D eigenvalue weighted by Gasteiger charge is 1.98. The molecule has 0 unspecified atom stereocenters. The molecule has 0 aliphatic rings. The van der Waals surface area contributed by atoms with E-state index in [0.717, 1.165) is 34.6 Å². The Bertz CT molecular complexity index is 1290. The number of hydrogen-bond donors (Lipinski definition) is 0. The van der Waals surface area contributed by atoms with Crippen molar-refractivity contribution >= 4 is 24.3 Å². The van der Waals surface area contributed by atoms with Gasteiger partial charge in [0, 0.05) is 0 Å². The molecule has 2 aromatic carbocycles. The molecule has 0 radical (unpaired) electrons. The minimum absolute atomic E-state index is 0. The highest BCUT2D eigenvalue weighted by molar-refractivity contribution is 5.68. The van der Waals surface area contributed by atoms with E-state index in [0.29, 0.717) is 11.6 Å². The molecule has 0 fully saturated rings. The van der Waals surface area contributed by atoms with Gasteiger partial charge in [-0.1, -0.05) is 56.0 Å². The Labute approximate surface area is 214 Å². The average Bonchev–Trinajstić information content (AvgIpc) is 2.82. The van der Waals surface area contributed by atoms with Crippen molar-refractivity contribution in [1.82, 2.24) is 29.9 Å². The van der Waals surface area contributed by atoms with Crippen molar-refractivity contribution < 1.29 is 4.74 Å². The van der Waals surface area contributed by atoms with Gasteiger partial charge in [0.2, 0.25) is 0 Å². The second kappa shape index (κ2) is 13.6. The van der Waals surface area contributed by atoms with Crippen molar-refractivity contribution in [3.8, 4) is 5.75 Å². The van der Waals surface area contributed by atoms with Crippen molar-refractivity contribution in [2.45, 2.75) is 42.0 Å². The molecule has 0 aliphatic carbocycles. The molecule has 0 saturated carbocycles. The maximum absolute atomic E-state index is 5.11. The molecule has 0 atom stereocenters. The molecule has 0 N–H and O–H groups in total. The number of aromatic nitrogens is 6. The molecule has 7 heteroatoms. The summed E-state index contributed by atoms with van der Waals surface area (Å²) in [5.74, 6) is 5.20. The average molecular weight is 483 g/mol. The van der Waals surface area contributed by atoms with Crippen LogP contribution < -0.4 is 4.74 Å². The van der Waals surface area contributed by atoms with Crippen molar-refractivity contribution in [1.29, 1.82) is 0 Å². The van der Waals surface area contributed by atoms with Gasteiger partial charge in [-0.25, -0.2) is 29.9 Å². The summed E-state index contributed by atoms with van der Waals surface area (Å²) < 4.78 is 5.11. The molecular weight excluding hydrogens is 448 g/mol. The molecule has 0 amide bonds. The zero-order valence-electron chi connectivity index (χ0n) is 21.0. The van der Waals surface area contributed by atoms with E-state index in [1.165, 1.54) is 11.1 Å². The van der Waals surface area contributed by atoms with Crippen LogP contribution >= 0.6 is 0 Å². The fourth-order valence-corrected chi connectivity index (χ4v) is 3.25. The van der Waals surface area contributed by atoms with E-state index in [1.807, 2.05) is 88.4 Å². The lowest BCUT2D eigenvalue weighted by Gasteiger charge is -1.99. The Morgan fingerprint density at radius 1 is 0.556 bits per heavy atom. The fourth-order valence-electron chi connectivity index (χ4n) is 3.25.